The predicted molar refractivity (Wildman–Crippen MR) is 148 cm³/mol. The molecule has 0 bridgehead atoms. The van der Waals surface area contributed by atoms with Gasteiger partial charge in [0, 0.05) is 27.8 Å². The van der Waals surface area contributed by atoms with Gasteiger partial charge in [0.05, 0.1) is 6.61 Å². The van der Waals surface area contributed by atoms with Crippen molar-refractivity contribution in [1.29, 1.82) is 0 Å². The Balaban J connectivity index is 1.86. The molecule has 0 saturated carbocycles. The number of halogens is 2. The zero-order valence-electron chi connectivity index (χ0n) is 20.8. The van der Waals surface area contributed by atoms with Crippen LogP contribution in [0.1, 0.15) is 78.4 Å². The van der Waals surface area contributed by atoms with E-state index in [9.17, 15) is 0 Å². The van der Waals surface area contributed by atoms with Crippen molar-refractivity contribution >= 4 is 46.2 Å². The van der Waals surface area contributed by atoms with Crippen molar-refractivity contribution in [2.24, 2.45) is 0 Å². The Morgan fingerprint density at radius 2 is 1.55 bits per heavy atom. The van der Waals surface area contributed by atoms with Gasteiger partial charge in [0.2, 0.25) is 0 Å². The summed E-state index contributed by atoms with van der Waals surface area (Å²) in [6.07, 6.45) is 4.05. The molecule has 0 heterocycles. The first kappa shape index (κ1) is 27.8. The van der Waals surface area contributed by atoms with E-state index in [0.717, 1.165) is 43.7 Å². The molecule has 0 amide bonds. The maximum Gasteiger partial charge on any atom is 0.170 e. The zero-order valence-corrected chi connectivity index (χ0v) is 23.1. The van der Waals surface area contributed by atoms with Gasteiger partial charge in [0.15, 0.2) is 5.11 Å². The second-order valence-electron chi connectivity index (χ2n) is 9.78. The number of benzene rings is 2. The molecule has 2 aromatic rings. The molecule has 3 nitrogen and oxygen atoms in total. The Bertz CT molecular complexity index is 923. The number of nitrogens with one attached hydrogen (secondary N) is 2. The van der Waals surface area contributed by atoms with Crippen LogP contribution in [-0.2, 0) is 10.8 Å². The first-order chi connectivity index (χ1) is 15.5. The summed E-state index contributed by atoms with van der Waals surface area (Å²) in [6.45, 7) is 15.1. The molecule has 2 aromatic carbocycles. The lowest BCUT2D eigenvalue weighted by atomic mass is 9.76. The average molecular weight is 510 g/mol. The maximum absolute atomic E-state index is 6.25. The Kier molecular flexibility index (Phi) is 10.3. The zero-order chi connectivity index (χ0) is 24.6. The van der Waals surface area contributed by atoms with Gasteiger partial charge in [-0.2, -0.15) is 0 Å². The number of unbranched alkanes of at least 4 members (excludes halogenated alkanes) is 1. The fraction of sp³-hybridized carbons (Fsp3) is 0.519. The van der Waals surface area contributed by atoms with Crippen LogP contribution in [-0.4, -0.2) is 18.3 Å². The molecule has 2 N–H and O–H groups in total. The highest BCUT2D eigenvalue weighted by atomic mass is 35.5. The quantitative estimate of drug-likeness (QED) is 0.235. The molecule has 0 aliphatic heterocycles. The van der Waals surface area contributed by atoms with Crippen LogP contribution >= 0.6 is 35.4 Å². The van der Waals surface area contributed by atoms with Gasteiger partial charge in [-0.3, -0.25) is 0 Å². The summed E-state index contributed by atoms with van der Waals surface area (Å²) < 4.78 is 6.25. The first-order valence-electron chi connectivity index (χ1n) is 11.8. The van der Waals surface area contributed by atoms with Gasteiger partial charge < -0.3 is 15.4 Å². The van der Waals surface area contributed by atoms with Gasteiger partial charge in [-0.05, 0) is 78.6 Å². The molecule has 0 radical (unpaired) electrons. The highest BCUT2D eigenvalue weighted by Gasteiger charge is 2.26. The number of hydrogen-bond acceptors (Lipinski definition) is 2. The molecule has 0 spiro atoms. The van der Waals surface area contributed by atoms with Crippen molar-refractivity contribution in [2.45, 2.75) is 78.1 Å². The molecule has 0 aliphatic carbocycles. The van der Waals surface area contributed by atoms with Crippen LogP contribution in [0.3, 0.4) is 0 Å². The van der Waals surface area contributed by atoms with Gasteiger partial charge in [-0.1, -0.05) is 76.9 Å². The van der Waals surface area contributed by atoms with E-state index in [2.05, 4.69) is 70.4 Å². The summed E-state index contributed by atoms with van der Waals surface area (Å²) in [6, 6.07) is 12.0. The van der Waals surface area contributed by atoms with E-state index in [1.54, 1.807) is 18.2 Å². The van der Waals surface area contributed by atoms with Crippen LogP contribution in [0.2, 0.25) is 10.0 Å². The molecule has 0 fully saturated rings. The number of thiocarbonyl (C=S) groups is 1. The van der Waals surface area contributed by atoms with Crippen molar-refractivity contribution in [1.82, 2.24) is 5.32 Å². The minimum absolute atomic E-state index is 0.0673. The highest BCUT2D eigenvalue weighted by Crippen LogP contribution is 2.38. The van der Waals surface area contributed by atoms with Gasteiger partial charge >= 0.3 is 0 Å². The third kappa shape index (κ3) is 8.35. The normalized spacial score (nSPS) is 11.9. The predicted octanol–water partition coefficient (Wildman–Crippen LogP) is 8.51. The van der Waals surface area contributed by atoms with Crippen LogP contribution in [0, 0.1) is 0 Å². The standard InChI is InChI=1S/C27H38Cl2N2OS/c1-7-26(3,4)19-11-12-24(23(15-19)27(5,6)8-2)32-14-10-9-13-30-25(33)31-22-17-20(28)16-21(29)18-22/h11-12,15-18H,7-10,13-14H2,1-6H3,(H2,30,31,33). The topological polar surface area (TPSA) is 33.3 Å². The van der Waals surface area contributed by atoms with Gasteiger partial charge in [-0.15, -0.1) is 0 Å². The summed E-state index contributed by atoms with van der Waals surface area (Å²) in [5.41, 5.74) is 3.67. The Hall–Kier alpha value is -1.49. The molecule has 0 aromatic heterocycles. The van der Waals surface area contributed by atoms with Crippen molar-refractivity contribution in [3.8, 4) is 5.75 Å². The Morgan fingerprint density at radius 1 is 0.909 bits per heavy atom. The van der Waals surface area contributed by atoms with E-state index in [1.807, 2.05) is 0 Å². The molecule has 0 aliphatic rings. The van der Waals surface area contributed by atoms with E-state index < -0.39 is 0 Å². The van der Waals surface area contributed by atoms with Crippen molar-refractivity contribution in [3.63, 3.8) is 0 Å². The van der Waals surface area contributed by atoms with E-state index >= 15 is 0 Å². The lowest BCUT2D eigenvalue weighted by Gasteiger charge is -2.30. The third-order valence-electron chi connectivity index (χ3n) is 6.49. The SMILES string of the molecule is CCC(C)(C)c1ccc(OCCCCNC(=S)Nc2cc(Cl)cc(Cl)c2)c(C(C)(C)CC)c1. The molecule has 33 heavy (non-hydrogen) atoms. The van der Waals surface area contributed by atoms with Crippen LogP contribution in [0.25, 0.3) is 0 Å². The molecular weight excluding hydrogens is 471 g/mol. The van der Waals surface area contributed by atoms with Crippen LogP contribution in [0.4, 0.5) is 5.69 Å². The average Bonchev–Trinajstić information content (AvgIpc) is 2.75. The lowest BCUT2D eigenvalue weighted by molar-refractivity contribution is 0.296. The molecule has 6 heteroatoms. The van der Waals surface area contributed by atoms with Crippen molar-refractivity contribution in [3.05, 3.63) is 57.6 Å². The summed E-state index contributed by atoms with van der Waals surface area (Å²) in [4.78, 5) is 0. The molecule has 0 saturated heterocycles. The first-order valence-corrected chi connectivity index (χ1v) is 12.9. The monoisotopic (exact) mass is 508 g/mol. The summed E-state index contributed by atoms with van der Waals surface area (Å²) in [7, 11) is 0. The molecular formula is C27H38Cl2N2OS. The second kappa shape index (κ2) is 12.3. The number of hydrogen-bond donors (Lipinski definition) is 2. The minimum atomic E-state index is 0.0673. The Labute approximate surface area is 215 Å². The lowest BCUT2D eigenvalue weighted by Crippen LogP contribution is -2.29. The van der Waals surface area contributed by atoms with E-state index in [0.29, 0.717) is 21.8 Å². The fourth-order valence-corrected chi connectivity index (χ4v) is 4.16. The summed E-state index contributed by atoms with van der Waals surface area (Å²) in [5, 5.41) is 8.03. The molecule has 182 valence electrons. The number of ether oxygens (including phenoxy) is 1. The van der Waals surface area contributed by atoms with Crippen LogP contribution in [0.5, 0.6) is 5.75 Å². The van der Waals surface area contributed by atoms with Crippen molar-refractivity contribution < 1.29 is 4.74 Å². The molecule has 0 unspecified atom stereocenters. The maximum atomic E-state index is 6.25. The second-order valence-corrected chi connectivity index (χ2v) is 11.1. The van der Waals surface area contributed by atoms with E-state index in [-0.39, 0.29) is 10.8 Å². The van der Waals surface area contributed by atoms with Gasteiger partial charge in [-0.25, -0.2) is 0 Å². The number of anilines is 1. The summed E-state index contributed by atoms with van der Waals surface area (Å²) in [5.74, 6) is 1.00. The smallest absolute Gasteiger partial charge is 0.170 e. The molecule has 0 atom stereocenters. The van der Waals surface area contributed by atoms with E-state index in [4.69, 9.17) is 40.2 Å². The minimum Gasteiger partial charge on any atom is -0.493 e. The van der Waals surface area contributed by atoms with Crippen LogP contribution in [0.15, 0.2) is 36.4 Å². The number of rotatable bonds is 11. The van der Waals surface area contributed by atoms with Gasteiger partial charge in [0.25, 0.3) is 0 Å². The molecule has 2 rings (SSSR count). The van der Waals surface area contributed by atoms with Gasteiger partial charge in [0.1, 0.15) is 5.75 Å². The highest BCUT2D eigenvalue weighted by molar-refractivity contribution is 7.80. The third-order valence-corrected chi connectivity index (χ3v) is 7.18. The van der Waals surface area contributed by atoms with Crippen molar-refractivity contribution in [2.75, 3.05) is 18.5 Å². The summed E-state index contributed by atoms with van der Waals surface area (Å²) >= 11 is 17.4. The fourth-order valence-electron chi connectivity index (χ4n) is 3.41. The van der Waals surface area contributed by atoms with E-state index in [1.165, 1.54) is 11.1 Å². The largest absolute Gasteiger partial charge is 0.493 e. The van der Waals surface area contributed by atoms with Crippen LogP contribution < -0.4 is 15.4 Å². The Morgan fingerprint density at radius 3 is 2.15 bits per heavy atom.